The predicted molar refractivity (Wildman–Crippen MR) is 58.9 cm³/mol. The number of benzene rings is 1. The zero-order valence-corrected chi connectivity index (χ0v) is 8.82. The molecular formula is C13H8F2N2. The van der Waals surface area contributed by atoms with E-state index in [1.165, 1.54) is 24.4 Å². The second-order valence-corrected chi connectivity index (χ2v) is 3.50. The van der Waals surface area contributed by atoms with Crippen LogP contribution in [0.4, 0.5) is 8.78 Å². The molecule has 0 bridgehead atoms. The maximum absolute atomic E-state index is 13.5. The fourth-order valence-electron chi connectivity index (χ4n) is 1.50. The van der Waals surface area contributed by atoms with Crippen molar-refractivity contribution in [3.63, 3.8) is 0 Å². The fraction of sp³-hybridized carbons (Fsp3) is 0.0769. The lowest BCUT2D eigenvalue weighted by Gasteiger charge is -2.03. The third-order valence-electron chi connectivity index (χ3n) is 2.32. The van der Waals surface area contributed by atoms with Gasteiger partial charge >= 0.3 is 0 Å². The highest BCUT2D eigenvalue weighted by Gasteiger charge is 2.06. The van der Waals surface area contributed by atoms with Crippen molar-refractivity contribution in [2.24, 2.45) is 0 Å². The Morgan fingerprint density at radius 2 is 2.00 bits per heavy atom. The molecule has 1 aromatic heterocycles. The van der Waals surface area contributed by atoms with Crippen molar-refractivity contribution < 1.29 is 8.78 Å². The van der Waals surface area contributed by atoms with E-state index in [-0.39, 0.29) is 17.9 Å². The van der Waals surface area contributed by atoms with Crippen LogP contribution in [0.1, 0.15) is 5.69 Å². The molecule has 2 aromatic rings. The monoisotopic (exact) mass is 230 g/mol. The van der Waals surface area contributed by atoms with Crippen LogP contribution in [0.2, 0.25) is 0 Å². The van der Waals surface area contributed by atoms with E-state index in [9.17, 15) is 8.78 Å². The van der Waals surface area contributed by atoms with Crippen LogP contribution in [0, 0.1) is 23.0 Å². The number of pyridine rings is 1. The molecule has 0 atom stereocenters. The Bertz CT molecular complexity index is 588. The molecule has 0 N–H and O–H groups in total. The molecule has 1 aromatic carbocycles. The molecule has 17 heavy (non-hydrogen) atoms. The van der Waals surface area contributed by atoms with Crippen LogP contribution in [0.25, 0.3) is 11.1 Å². The quantitative estimate of drug-likeness (QED) is 0.794. The molecule has 84 valence electrons. The van der Waals surface area contributed by atoms with Gasteiger partial charge in [-0.3, -0.25) is 4.98 Å². The zero-order valence-electron chi connectivity index (χ0n) is 8.82. The third-order valence-corrected chi connectivity index (χ3v) is 2.32. The van der Waals surface area contributed by atoms with Crippen molar-refractivity contribution in [1.82, 2.24) is 4.98 Å². The van der Waals surface area contributed by atoms with E-state index in [1.54, 1.807) is 12.1 Å². The normalized spacial score (nSPS) is 9.94. The summed E-state index contributed by atoms with van der Waals surface area (Å²) in [5, 5.41) is 8.46. The van der Waals surface area contributed by atoms with E-state index in [4.69, 9.17) is 5.26 Å². The van der Waals surface area contributed by atoms with Crippen molar-refractivity contribution in [1.29, 1.82) is 5.26 Å². The molecule has 0 aliphatic heterocycles. The number of halogens is 2. The number of nitriles is 1. The van der Waals surface area contributed by atoms with E-state index in [2.05, 4.69) is 4.98 Å². The van der Waals surface area contributed by atoms with Crippen molar-refractivity contribution in [3.05, 3.63) is 53.9 Å². The van der Waals surface area contributed by atoms with Crippen molar-refractivity contribution >= 4 is 0 Å². The highest BCUT2D eigenvalue weighted by Crippen LogP contribution is 2.21. The molecule has 0 radical (unpaired) electrons. The van der Waals surface area contributed by atoms with Gasteiger partial charge in [-0.25, -0.2) is 8.78 Å². The Morgan fingerprint density at radius 3 is 2.65 bits per heavy atom. The lowest BCUT2D eigenvalue weighted by Crippen LogP contribution is -1.94. The molecule has 0 unspecified atom stereocenters. The molecule has 4 heteroatoms. The van der Waals surface area contributed by atoms with Gasteiger partial charge in [-0.2, -0.15) is 5.26 Å². The van der Waals surface area contributed by atoms with Gasteiger partial charge in [-0.1, -0.05) is 12.1 Å². The Balaban J connectivity index is 2.42. The molecule has 0 spiro atoms. The van der Waals surface area contributed by atoms with E-state index in [0.717, 1.165) is 0 Å². The van der Waals surface area contributed by atoms with Gasteiger partial charge < -0.3 is 0 Å². The molecular weight excluding hydrogens is 222 g/mol. The third kappa shape index (κ3) is 2.45. The van der Waals surface area contributed by atoms with E-state index < -0.39 is 5.82 Å². The van der Waals surface area contributed by atoms with E-state index >= 15 is 0 Å². The summed E-state index contributed by atoms with van der Waals surface area (Å²) < 4.78 is 26.5. The van der Waals surface area contributed by atoms with Gasteiger partial charge in [-0.15, -0.1) is 0 Å². The summed E-state index contributed by atoms with van der Waals surface area (Å²) in [7, 11) is 0. The standard InChI is InChI=1S/C13H8F2N2/c14-11-3-1-2-9(6-11)10-7-12(15)13(4-5-16)17-8-10/h1-3,6-8H,4H2. The van der Waals surface area contributed by atoms with Crippen LogP contribution >= 0.6 is 0 Å². The highest BCUT2D eigenvalue weighted by molar-refractivity contribution is 5.62. The summed E-state index contributed by atoms with van der Waals surface area (Å²) in [5.74, 6) is -0.933. The average molecular weight is 230 g/mol. The SMILES string of the molecule is N#CCc1ncc(-c2cccc(F)c2)cc1F. The molecule has 0 aliphatic carbocycles. The Labute approximate surface area is 97.2 Å². The first-order valence-electron chi connectivity index (χ1n) is 4.98. The first-order chi connectivity index (χ1) is 8.20. The molecule has 0 fully saturated rings. The van der Waals surface area contributed by atoms with Crippen LogP contribution in [0.5, 0.6) is 0 Å². The topological polar surface area (TPSA) is 36.7 Å². The largest absolute Gasteiger partial charge is 0.256 e. The number of hydrogen-bond donors (Lipinski definition) is 0. The molecule has 0 aliphatic rings. The molecule has 2 nitrogen and oxygen atoms in total. The minimum atomic E-state index is -0.548. The number of aromatic nitrogens is 1. The maximum atomic E-state index is 13.5. The van der Waals surface area contributed by atoms with Gasteiger partial charge in [0, 0.05) is 11.8 Å². The summed E-state index contributed by atoms with van der Waals surface area (Å²) in [4.78, 5) is 3.85. The average Bonchev–Trinajstić information content (AvgIpc) is 2.32. The van der Waals surface area contributed by atoms with Crippen LogP contribution in [-0.2, 0) is 6.42 Å². The summed E-state index contributed by atoms with van der Waals surface area (Å²) in [6.45, 7) is 0. The first-order valence-corrected chi connectivity index (χ1v) is 4.98. The lowest BCUT2D eigenvalue weighted by molar-refractivity contribution is 0.606. The maximum Gasteiger partial charge on any atom is 0.146 e. The van der Waals surface area contributed by atoms with Gasteiger partial charge in [0.1, 0.15) is 11.6 Å². The van der Waals surface area contributed by atoms with Crippen LogP contribution < -0.4 is 0 Å². The van der Waals surface area contributed by atoms with Crippen LogP contribution in [0.3, 0.4) is 0 Å². The molecule has 0 amide bonds. The number of hydrogen-bond acceptors (Lipinski definition) is 2. The molecule has 0 saturated heterocycles. The summed E-state index contributed by atoms with van der Waals surface area (Å²) in [6, 6.07) is 8.93. The van der Waals surface area contributed by atoms with Gasteiger partial charge in [0.05, 0.1) is 18.2 Å². The summed E-state index contributed by atoms with van der Waals surface area (Å²) >= 11 is 0. The van der Waals surface area contributed by atoms with Crippen molar-refractivity contribution in [2.45, 2.75) is 6.42 Å². The van der Waals surface area contributed by atoms with Crippen LogP contribution in [-0.4, -0.2) is 4.98 Å². The van der Waals surface area contributed by atoms with E-state index in [0.29, 0.717) is 11.1 Å². The smallest absolute Gasteiger partial charge is 0.146 e. The first kappa shape index (κ1) is 11.2. The second-order valence-electron chi connectivity index (χ2n) is 3.50. The van der Waals surface area contributed by atoms with Gasteiger partial charge in [0.2, 0.25) is 0 Å². The zero-order chi connectivity index (χ0) is 12.3. The number of rotatable bonds is 2. The molecule has 0 saturated carbocycles. The second kappa shape index (κ2) is 4.71. The lowest BCUT2D eigenvalue weighted by atomic mass is 10.1. The minimum absolute atomic E-state index is 0.0741. The fourth-order valence-corrected chi connectivity index (χ4v) is 1.50. The Morgan fingerprint density at radius 1 is 1.18 bits per heavy atom. The molecule has 1 heterocycles. The predicted octanol–water partition coefficient (Wildman–Crippen LogP) is 3.09. The summed E-state index contributed by atoms with van der Waals surface area (Å²) in [6.07, 6.45) is 1.36. The highest BCUT2D eigenvalue weighted by atomic mass is 19.1. The van der Waals surface area contributed by atoms with Crippen LogP contribution in [0.15, 0.2) is 36.5 Å². The molecule has 2 rings (SSSR count). The Hall–Kier alpha value is -2.28. The van der Waals surface area contributed by atoms with Crippen molar-refractivity contribution in [2.75, 3.05) is 0 Å². The Kier molecular flexibility index (Phi) is 3.10. The van der Waals surface area contributed by atoms with Gasteiger partial charge in [0.15, 0.2) is 0 Å². The van der Waals surface area contributed by atoms with Gasteiger partial charge in [0.25, 0.3) is 0 Å². The van der Waals surface area contributed by atoms with E-state index in [1.807, 2.05) is 6.07 Å². The van der Waals surface area contributed by atoms with Crippen molar-refractivity contribution in [3.8, 4) is 17.2 Å². The number of nitrogens with zero attached hydrogens (tertiary/aromatic N) is 2. The minimum Gasteiger partial charge on any atom is -0.256 e. The van der Waals surface area contributed by atoms with Gasteiger partial charge in [-0.05, 0) is 23.8 Å². The summed E-state index contributed by atoms with van der Waals surface area (Å²) in [5.41, 5.74) is 1.15.